The fourth-order valence-electron chi connectivity index (χ4n) is 6.09. The monoisotopic (exact) mass is 545 g/mol. The number of nitrogens with zero attached hydrogens (tertiary/aromatic N) is 7. The van der Waals surface area contributed by atoms with Crippen LogP contribution in [0.1, 0.15) is 35.2 Å². The number of likely N-dealkylation sites (tertiary alicyclic amines) is 1. The van der Waals surface area contributed by atoms with Crippen molar-refractivity contribution in [3.63, 3.8) is 0 Å². The maximum atomic E-state index is 12.5. The fraction of sp³-hybridized carbons (Fsp3) is 0.533. The van der Waals surface area contributed by atoms with E-state index >= 15 is 0 Å². The molecule has 0 aliphatic carbocycles. The maximum Gasteiger partial charge on any atom is 0.318 e. The highest BCUT2D eigenvalue weighted by atomic mass is 16.5. The number of carbonyl (C=O) groups excluding carboxylic acids is 1. The summed E-state index contributed by atoms with van der Waals surface area (Å²) < 4.78 is 11.9. The van der Waals surface area contributed by atoms with Gasteiger partial charge in [0.25, 0.3) is 0 Å². The van der Waals surface area contributed by atoms with Crippen LogP contribution >= 0.6 is 0 Å². The van der Waals surface area contributed by atoms with Crippen LogP contribution in [0.15, 0.2) is 30.9 Å². The molecule has 2 saturated heterocycles. The minimum Gasteiger partial charge on any atom is -0.496 e. The van der Waals surface area contributed by atoms with Gasteiger partial charge in [0, 0.05) is 56.4 Å². The summed E-state index contributed by atoms with van der Waals surface area (Å²) in [6.07, 6.45) is 3.62. The molecule has 4 heterocycles. The number of fused-ring (bicyclic) bond motifs is 1. The number of amides is 1. The average molecular weight is 546 g/mol. The number of likely N-dealkylation sites (N-methyl/N-ethyl adjacent to an activating group) is 1. The van der Waals surface area contributed by atoms with Crippen LogP contribution < -0.4 is 14.4 Å². The third-order valence-corrected chi connectivity index (χ3v) is 8.39. The van der Waals surface area contributed by atoms with Gasteiger partial charge in [-0.1, -0.05) is 18.7 Å². The molecule has 10 heteroatoms. The molecule has 0 radical (unpaired) electrons. The second kappa shape index (κ2) is 12.2. The lowest BCUT2D eigenvalue weighted by molar-refractivity contribution is -0.128. The van der Waals surface area contributed by atoms with Gasteiger partial charge in [-0.05, 0) is 51.1 Å². The van der Waals surface area contributed by atoms with E-state index in [0.717, 1.165) is 42.3 Å². The van der Waals surface area contributed by atoms with E-state index < -0.39 is 0 Å². The molecule has 3 aliphatic rings. The number of benzene rings is 1. The Labute approximate surface area is 237 Å². The smallest absolute Gasteiger partial charge is 0.318 e. The van der Waals surface area contributed by atoms with E-state index in [2.05, 4.69) is 46.2 Å². The summed E-state index contributed by atoms with van der Waals surface area (Å²) in [5.74, 6) is 1.60. The zero-order valence-electron chi connectivity index (χ0n) is 23.8. The van der Waals surface area contributed by atoms with Crippen molar-refractivity contribution in [3.8, 4) is 11.8 Å². The van der Waals surface area contributed by atoms with Gasteiger partial charge in [-0.25, -0.2) is 6.57 Å². The zero-order chi connectivity index (χ0) is 28.2. The first-order valence-electron chi connectivity index (χ1n) is 14.0. The van der Waals surface area contributed by atoms with Gasteiger partial charge < -0.3 is 29.0 Å². The van der Waals surface area contributed by atoms with Crippen molar-refractivity contribution < 1.29 is 14.3 Å². The van der Waals surface area contributed by atoms with E-state index in [0.29, 0.717) is 51.4 Å². The largest absolute Gasteiger partial charge is 0.496 e. The number of carbonyl (C=O) groups is 1. The second-order valence-electron chi connectivity index (χ2n) is 10.9. The van der Waals surface area contributed by atoms with Crippen molar-refractivity contribution in [1.82, 2.24) is 24.7 Å². The van der Waals surface area contributed by atoms with Gasteiger partial charge in [0.1, 0.15) is 24.2 Å². The normalized spacial score (nSPS) is 21.2. The molecule has 3 aliphatic heterocycles. The molecule has 40 heavy (non-hydrogen) atoms. The first-order chi connectivity index (χ1) is 19.4. The fourth-order valence-corrected chi connectivity index (χ4v) is 6.09. The number of piperazine rings is 1. The molecule has 2 fully saturated rings. The van der Waals surface area contributed by atoms with Crippen molar-refractivity contribution in [2.24, 2.45) is 0 Å². The summed E-state index contributed by atoms with van der Waals surface area (Å²) in [7, 11) is 3.84. The van der Waals surface area contributed by atoms with Crippen LogP contribution in [0.5, 0.6) is 11.8 Å². The van der Waals surface area contributed by atoms with Crippen molar-refractivity contribution in [3.05, 3.63) is 64.7 Å². The van der Waals surface area contributed by atoms with Crippen molar-refractivity contribution in [2.75, 3.05) is 58.4 Å². The molecule has 1 amide bonds. The van der Waals surface area contributed by atoms with E-state index in [1.165, 1.54) is 23.6 Å². The minimum atomic E-state index is -0.229. The lowest BCUT2D eigenvalue weighted by Crippen LogP contribution is -2.56. The van der Waals surface area contributed by atoms with Crippen molar-refractivity contribution in [1.29, 1.82) is 0 Å². The number of hydrogen-bond acceptors (Lipinski definition) is 8. The Morgan fingerprint density at radius 2 is 2.08 bits per heavy atom. The second-order valence-corrected chi connectivity index (χ2v) is 10.9. The van der Waals surface area contributed by atoms with Crippen LogP contribution in [0.25, 0.3) is 4.85 Å². The van der Waals surface area contributed by atoms with Gasteiger partial charge in [-0.3, -0.25) is 9.69 Å². The molecule has 1 aromatic heterocycles. The Kier molecular flexibility index (Phi) is 8.52. The number of hydrogen-bond donors (Lipinski definition) is 0. The molecule has 1 aromatic carbocycles. The van der Waals surface area contributed by atoms with Crippen LogP contribution in [-0.4, -0.2) is 96.1 Å². The van der Waals surface area contributed by atoms with Crippen LogP contribution in [0, 0.1) is 13.5 Å². The van der Waals surface area contributed by atoms with Crippen LogP contribution in [0.2, 0.25) is 0 Å². The molecule has 0 spiro atoms. The predicted molar refractivity (Wildman–Crippen MR) is 153 cm³/mol. The topological polar surface area (TPSA) is 78.6 Å². The van der Waals surface area contributed by atoms with Gasteiger partial charge in [-0.2, -0.15) is 9.97 Å². The van der Waals surface area contributed by atoms with Crippen LogP contribution in [-0.2, 0) is 24.4 Å². The molecule has 212 valence electrons. The number of aryl methyl sites for hydroxylation is 1. The number of aromatic nitrogens is 2. The molecule has 10 nitrogen and oxygen atoms in total. The Hall–Kier alpha value is -3.68. The minimum absolute atomic E-state index is 0.135. The van der Waals surface area contributed by atoms with Gasteiger partial charge >= 0.3 is 6.01 Å². The molecule has 0 unspecified atom stereocenters. The van der Waals surface area contributed by atoms with Gasteiger partial charge in [0.15, 0.2) is 0 Å². The molecule has 2 atom stereocenters. The first kappa shape index (κ1) is 27.9. The molecule has 2 aromatic rings. The third kappa shape index (κ3) is 5.76. The number of methoxy groups -OCH3 is 1. The highest BCUT2D eigenvalue weighted by Gasteiger charge is 2.36. The summed E-state index contributed by atoms with van der Waals surface area (Å²) >= 11 is 0. The Morgan fingerprint density at radius 1 is 1.23 bits per heavy atom. The van der Waals surface area contributed by atoms with E-state index in [1.807, 2.05) is 12.1 Å². The maximum absolute atomic E-state index is 12.5. The summed E-state index contributed by atoms with van der Waals surface area (Å²) in [5, 5.41) is 0. The molecule has 0 saturated carbocycles. The van der Waals surface area contributed by atoms with E-state index in [-0.39, 0.29) is 18.5 Å². The van der Waals surface area contributed by atoms with E-state index in [1.54, 1.807) is 12.0 Å². The lowest BCUT2D eigenvalue weighted by atomic mass is 10.1. The molecule has 0 N–H and O–H groups in total. The summed E-state index contributed by atoms with van der Waals surface area (Å²) in [4.78, 5) is 34.6. The Balaban J connectivity index is 1.42. The highest BCUT2D eigenvalue weighted by molar-refractivity contribution is 5.87. The van der Waals surface area contributed by atoms with Crippen molar-refractivity contribution in [2.45, 2.75) is 51.5 Å². The number of ether oxygens (including phenoxy) is 2. The Bertz CT molecular complexity index is 1290. The van der Waals surface area contributed by atoms with Gasteiger partial charge in [-0.15, -0.1) is 0 Å². The number of rotatable bonds is 9. The number of anilines is 1. The van der Waals surface area contributed by atoms with Crippen molar-refractivity contribution >= 4 is 11.7 Å². The Morgan fingerprint density at radius 3 is 2.80 bits per heavy atom. The zero-order valence-corrected chi connectivity index (χ0v) is 23.8. The molecular formula is C30H39N7O3. The van der Waals surface area contributed by atoms with E-state index in [9.17, 15) is 4.79 Å². The van der Waals surface area contributed by atoms with Crippen LogP contribution in [0.3, 0.4) is 0 Å². The van der Waals surface area contributed by atoms with Gasteiger partial charge in [0.05, 0.1) is 12.8 Å². The average Bonchev–Trinajstić information content (AvgIpc) is 3.57. The van der Waals surface area contributed by atoms with Crippen LogP contribution in [0.4, 0.5) is 5.82 Å². The lowest BCUT2D eigenvalue weighted by Gasteiger charge is -2.40. The standard InChI is InChI=1S/C30H39N7O3/c1-6-28(38)37-14-13-36(16-23(37)15-31-3)29-25-18-35(17-24-21(2)9-7-11-27(24)39-5)19-26(25)32-30(33-29)40-20-22-10-8-12-34(22)4/h6-7,9,11,22-23H,1,8,10,12-20H2,2,4-5H3/t22-,23-/m0/s1. The van der Waals surface area contributed by atoms with E-state index in [4.69, 9.17) is 26.0 Å². The SMILES string of the molecule is [C-]#[N+]C[C@H]1CN(c2nc(OC[C@@H]3CCCN3C)nc3c2CN(Cc2c(C)cccc2OC)C3)CCN1C(=O)C=C. The first-order valence-corrected chi connectivity index (χ1v) is 14.0. The summed E-state index contributed by atoms with van der Waals surface area (Å²) in [6, 6.07) is 6.66. The highest BCUT2D eigenvalue weighted by Crippen LogP contribution is 2.35. The van der Waals surface area contributed by atoms with Gasteiger partial charge in [0.2, 0.25) is 12.5 Å². The predicted octanol–water partition coefficient (Wildman–Crippen LogP) is 2.90. The molecule has 0 bridgehead atoms. The summed E-state index contributed by atoms with van der Waals surface area (Å²) in [5.41, 5.74) is 4.42. The molecular weight excluding hydrogens is 506 g/mol. The third-order valence-electron chi connectivity index (χ3n) is 8.39. The summed E-state index contributed by atoms with van der Waals surface area (Å²) in [6.45, 7) is 18.9. The molecule has 5 rings (SSSR count). The quantitative estimate of drug-likeness (QED) is 0.352.